The Hall–Kier alpha value is -0.930. The van der Waals surface area contributed by atoms with Crippen LogP contribution in [-0.4, -0.2) is 22.9 Å². The van der Waals surface area contributed by atoms with Crippen LogP contribution in [0.2, 0.25) is 0 Å². The molecule has 2 rings (SSSR count). The zero-order chi connectivity index (χ0) is 13.2. The largest absolute Gasteiger partial charge is 0.401 e. The van der Waals surface area contributed by atoms with Crippen molar-refractivity contribution >= 4 is 27.3 Å². The third-order valence-electron chi connectivity index (χ3n) is 1.86. The Bertz CT molecular complexity index is 525. The molecule has 9 heteroatoms. The number of hydrogen-bond donors (Lipinski definition) is 1. The molecule has 18 heavy (non-hydrogen) atoms. The molecule has 2 heterocycles. The van der Waals surface area contributed by atoms with Crippen molar-refractivity contribution in [1.82, 2.24) is 15.5 Å². The van der Waals surface area contributed by atoms with Crippen molar-refractivity contribution in [3.63, 3.8) is 0 Å². The number of hydrogen-bond acceptors (Lipinski definition) is 5. The number of alkyl halides is 3. The third kappa shape index (κ3) is 3.79. The maximum Gasteiger partial charge on any atom is 0.401 e. The van der Waals surface area contributed by atoms with Gasteiger partial charge in [0.2, 0.25) is 11.7 Å². The summed E-state index contributed by atoms with van der Waals surface area (Å²) in [4.78, 5) is 4.78. The average Bonchev–Trinajstić information content (AvgIpc) is 2.85. The van der Waals surface area contributed by atoms with Gasteiger partial charge < -0.3 is 9.84 Å². The maximum absolute atomic E-state index is 11.9. The van der Waals surface area contributed by atoms with Gasteiger partial charge >= 0.3 is 6.18 Å². The molecule has 0 fully saturated rings. The molecular formula is C9H7BrF3N3OS. The van der Waals surface area contributed by atoms with Gasteiger partial charge in [-0.3, -0.25) is 0 Å². The summed E-state index contributed by atoms with van der Waals surface area (Å²) in [6.45, 7) is -1.20. The second-order valence-corrected chi connectivity index (χ2v) is 5.80. The fraction of sp³-hybridized carbons (Fsp3) is 0.333. The number of rotatable bonds is 4. The van der Waals surface area contributed by atoms with Gasteiger partial charge in [-0.2, -0.15) is 18.2 Å². The molecule has 0 atom stereocenters. The Morgan fingerprint density at radius 1 is 1.39 bits per heavy atom. The number of thiophene rings is 1. The Balaban J connectivity index is 1.94. The van der Waals surface area contributed by atoms with Gasteiger partial charge in [0.05, 0.1) is 21.8 Å². The Morgan fingerprint density at radius 3 is 2.78 bits per heavy atom. The van der Waals surface area contributed by atoms with Crippen molar-refractivity contribution < 1.29 is 17.7 Å². The first kappa shape index (κ1) is 13.5. The molecule has 1 N–H and O–H groups in total. The highest BCUT2D eigenvalue weighted by Crippen LogP contribution is 2.29. The van der Waals surface area contributed by atoms with Crippen molar-refractivity contribution in [2.75, 3.05) is 6.54 Å². The van der Waals surface area contributed by atoms with Crippen molar-refractivity contribution in [2.45, 2.75) is 12.7 Å². The first-order valence-corrected chi connectivity index (χ1v) is 6.41. The van der Waals surface area contributed by atoms with Crippen LogP contribution in [0.1, 0.15) is 5.89 Å². The first-order valence-electron chi connectivity index (χ1n) is 4.80. The Kier molecular flexibility index (Phi) is 4.03. The van der Waals surface area contributed by atoms with Crippen molar-refractivity contribution in [3.05, 3.63) is 21.8 Å². The molecule has 0 saturated carbocycles. The van der Waals surface area contributed by atoms with Crippen LogP contribution in [-0.2, 0) is 6.54 Å². The average molecular weight is 342 g/mol. The van der Waals surface area contributed by atoms with Crippen LogP contribution in [0.15, 0.2) is 20.4 Å². The lowest BCUT2D eigenvalue weighted by atomic mass is 10.4. The highest BCUT2D eigenvalue weighted by atomic mass is 79.9. The van der Waals surface area contributed by atoms with Crippen molar-refractivity contribution in [1.29, 1.82) is 0 Å². The van der Waals surface area contributed by atoms with E-state index >= 15 is 0 Å². The molecule has 0 unspecified atom stereocenters. The summed E-state index contributed by atoms with van der Waals surface area (Å²) in [5, 5.41) is 5.88. The smallest absolute Gasteiger partial charge is 0.338 e. The van der Waals surface area contributed by atoms with Gasteiger partial charge in [0, 0.05) is 0 Å². The summed E-state index contributed by atoms with van der Waals surface area (Å²) in [7, 11) is 0. The fourth-order valence-corrected chi connectivity index (χ4v) is 2.48. The van der Waals surface area contributed by atoms with Crippen LogP contribution in [0, 0.1) is 0 Å². The zero-order valence-electron chi connectivity index (χ0n) is 8.79. The standard InChI is InChI=1S/C9H7BrF3N3OS/c10-6-2-1-5(18-6)8-15-7(17-16-8)3-14-4-9(11,12)13/h1-2,14H,3-4H2. The maximum atomic E-state index is 11.9. The number of halogens is 4. The predicted octanol–water partition coefficient (Wildman–Crippen LogP) is 3.21. The molecule has 0 aliphatic carbocycles. The second-order valence-electron chi connectivity index (χ2n) is 3.33. The van der Waals surface area contributed by atoms with Gasteiger partial charge in [0.25, 0.3) is 0 Å². The van der Waals surface area contributed by atoms with E-state index in [-0.39, 0.29) is 12.4 Å². The van der Waals surface area contributed by atoms with E-state index in [9.17, 15) is 13.2 Å². The minimum absolute atomic E-state index is 0.112. The minimum atomic E-state index is -4.25. The fourth-order valence-electron chi connectivity index (χ4n) is 1.17. The van der Waals surface area contributed by atoms with E-state index in [2.05, 4.69) is 31.4 Å². The van der Waals surface area contributed by atoms with Gasteiger partial charge in [0.1, 0.15) is 0 Å². The minimum Gasteiger partial charge on any atom is -0.338 e. The lowest BCUT2D eigenvalue weighted by Crippen LogP contribution is -2.28. The molecule has 0 aliphatic rings. The summed E-state index contributed by atoms with van der Waals surface area (Å²) in [5.74, 6) is 0.494. The second kappa shape index (κ2) is 5.37. The van der Waals surface area contributed by atoms with Gasteiger partial charge in [-0.15, -0.1) is 11.3 Å². The summed E-state index contributed by atoms with van der Waals surface area (Å²) in [5.41, 5.74) is 0. The topological polar surface area (TPSA) is 51.0 Å². The molecule has 0 radical (unpaired) electrons. The molecule has 2 aromatic heterocycles. The molecule has 0 saturated heterocycles. The van der Waals surface area contributed by atoms with E-state index in [4.69, 9.17) is 4.52 Å². The molecule has 2 aromatic rings. The van der Waals surface area contributed by atoms with Crippen molar-refractivity contribution in [2.24, 2.45) is 0 Å². The van der Waals surface area contributed by atoms with E-state index in [1.54, 1.807) is 6.07 Å². The van der Waals surface area contributed by atoms with E-state index in [1.807, 2.05) is 6.07 Å². The number of aromatic nitrogens is 2. The molecule has 0 aromatic carbocycles. The molecule has 0 aliphatic heterocycles. The predicted molar refractivity (Wildman–Crippen MR) is 63.1 cm³/mol. The van der Waals surface area contributed by atoms with Crippen LogP contribution in [0.4, 0.5) is 13.2 Å². The van der Waals surface area contributed by atoms with Gasteiger partial charge in [0.15, 0.2) is 0 Å². The van der Waals surface area contributed by atoms with Crippen LogP contribution in [0.3, 0.4) is 0 Å². The monoisotopic (exact) mass is 341 g/mol. The SMILES string of the molecule is FC(F)(F)CNCc1nc(-c2ccc(Br)s2)no1. The van der Waals surface area contributed by atoms with Gasteiger partial charge in [-0.05, 0) is 28.1 Å². The molecular weight excluding hydrogens is 335 g/mol. The van der Waals surface area contributed by atoms with Crippen molar-refractivity contribution in [3.8, 4) is 10.7 Å². The molecule has 0 spiro atoms. The molecule has 0 amide bonds. The van der Waals surface area contributed by atoms with Gasteiger partial charge in [-0.25, -0.2) is 0 Å². The van der Waals surface area contributed by atoms with E-state index in [0.717, 1.165) is 8.66 Å². The Morgan fingerprint density at radius 2 is 2.17 bits per heavy atom. The third-order valence-corrected chi connectivity index (χ3v) is 3.48. The summed E-state index contributed by atoms with van der Waals surface area (Å²) >= 11 is 4.71. The van der Waals surface area contributed by atoms with Crippen LogP contribution in [0.5, 0.6) is 0 Å². The first-order chi connectivity index (χ1) is 8.44. The highest BCUT2D eigenvalue weighted by Gasteiger charge is 2.26. The lowest BCUT2D eigenvalue weighted by Gasteiger charge is -2.05. The van der Waals surface area contributed by atoms with Crippen LogP contribution in [0.25, 0.3) is 10.7 Å². The number of nitrogens with one attached hydrogen (secondary N) is 1. The quantitative estimate of drug-likeness (QED) is 0.927. The normalized spacial score (nSPS) is 12.0. The molecule has 0 bridgehead atoms. The van der Waals surface area contributed by atoms with E-state index < -0.39 is 12.7 Å². The summed E-state index contributed by atoms with van der Waals surface area (Å²) in [6.07, 6.45) is -4.25. The highest BCUT2D eigenvalue weighted by molar-refractivity contribution is 9.11. The molecule has 98 valence electrons. The van der Waals surface area contributed by atoms with Crippen LogP contribution >= 0.6 is 27.3 Å². The summed E-state index contributed by atoms with van der Waals surface area (Å²) < 4.78 is 41.5. The van der Waals surface area contributed by atoms with E-state index in [1.165, 1.54) is 11.3 Å². The zero-order valence-corrected chi connectivity index (χ0v) is 11.2. The summed E-state index contributed by atoms with van der Waals surface area (Å²) in [6, 6.07) is 3.63. The lowest BCUT2D eigenvalue weighted by molar-refractivity contribution is -0.125. The molecule has 4 nitrogen and oxygen atoms in total. The van der Waals surface area contributed by atoms with E-state index in [0.29, 0.717) is 5.82 Å². The Labute approximate surface area is 112 Å². The number of nitrogens with zero attached hydrogens (tertiary/aromatic N) is 2. The van der Waals surface area contributed by atoms with Crippen LogP contribution < -0.4 is 5.32 Å². The van der Waals surface area contributed by atoms with Gasteiger partial charge in [-0.1, -0.05) is 5.16 Å².